The Labute approximate surface area is 118 Å². The highest BCUT2D eigenvalue weighted by Crippen LogP contribution is 2.15. The third kappa shape index (κ3) is 5.03. The van der Waals surface area contributed by atoms with E-state index >= 15 is 0 Å². The van der Waals surface area contributed by atoms with Crippen molar-refractivity contribution < 1.29 is 9.53 Å². The molecule has 0 radical (unpaired) electrons. The minimum atomic E-state index is 0.0271. The molecule has 0 saturated carbocycles. The van der Waals surface area contributed by atoms with E-state index in [2.05, 4.69) is 11.8 Å². The van der Waals surface area contributed by atoms with E-state index in [1.165, 1.54) is 11.3 Å². The van der Waals surface area contributed by atoms with Gasteiger partial charge in [0.1, 0.15) is 0 Å². The highest BCUT2D eigenvalue weighted by Gasteiger charge is 2.15. The van der Waals surface area contributed by atoms with Crippen LogP contribution in [0.15, 0.2) is 11.4 Å². The summed E-state index contributed by atoms with van der Waals surface area (Å²) in [5.74, 6) is 5.75. The van der Waals surface area contributed by atoms with Crippen LogP contribution in [0.4, 0.5) is 0 Å². The predicted octanol–water partition coefficient (Wildman–Crippen LogP) is 1.56. The Hall–Kier alpha value is -1.35. The second-order valence-corrected chi connectivity index (χ2v) is 4.70. The first-order valence-electron chi connectivity index (χ1n) is 6.37. The van der Waals surface area contributed by atoms with Crippen molar-refractivity contribution in [3.05, 3.63) is 21.9 Å². The third-order valence-corrected chi connectivity index (χ3v) is 3.38. The van der Waals surface area contributed by atoms with Gasteiger partial charge in [-0.2, -0.15) is 0 Å². The lowest BCUT2D eigenvalue weighted by molar-refractivity contribution is 0.0669. The SMILES string of the molecule is CCOCCN(CC)C(=O)c1csc(C#CCN)c1. The van der Waals surface area contributed by atoms with Crippen LogP contribution >= 0.6 is 11.3 Å². The zero-order valence-corrected chi connectivity index (χ0v) is 12.3. The van der Waals surface area contributed by atoms with Gasteiger partial charge in [-0.1, -0.05) is 11.8 Å². The minimum absolute atomic E-state index is 0.0271. The van der Waals surface area contributed by atoms with Gasteiger partial charge >= 0.3 is 0 Å². The molecular weight excluding hydrogens is 260 g/mol. The number of likely N-dealkylation sites (N-methyl/N-ethyl adjacent to an activating group) is 1. The van der Waals surface area contributed by atoms with E-state index < -0.39 is 0 Å². The number of thiophene rings is 1. The lowest BCUT2D eigenvalue weighted by atomic mass is 10.2. The molecule has 1 heterocycles. The van der Waals surface area contributed by atoms with E-state index in [1.54, 1.807) is 4.90 Å². The highest BCUT2D eigenvalue weighted by molar-refractivity contribution is 7.10. The van der Waals surface area contributed by atoms with Gasteiger partial charge in [0.2, 0.25) is 0 Å². The number of nitrogens with zero attached hydrogens (tertiary/aromatic N) is 1. The smallest absolute Gasteiger partial charge is 0.254 e. The van der Waals surface area contributed by atoms with Gasteiger partial charge < -0.3 is 15.4 Å². The molecule has 0 aliphatic rings. The van der Waals surface area contributed by atoms with Crippen molar-refractivity contribution in [3.63, 3.8) is 0 Å². The van der Waals surface area contributed by atoms with Crippen LogP contribution in [0.2, 0.25) is 0 Å². The standard InChI is InChI=1S/C14H20N2O2S/c1-3-16(8-9-18-4-2)14(17)12-10-13(19-11-12)6-5-7-15/h10-11H,3-4,7-9,15H2,1-2H3. The molecular formula is C14H20N2O2S. The lowest BCUT2D eigenvalue weighted by Crippen LogP contribution is -2.33. The summed E-state index contributed by atoms with van der Waals surface area (Å²) >= 11 is 1.47. The van der Waals surface area contributed by atoms with Gasteiger partial charge in [-0.15, -0.1) is 11.3 Å². The first-order chi connectivity index (χ1) is 9.22. The minimum Gasteiger partial charge on any atom is -0.380 e. The summed E-state index contributed by atoms with van der Waals surface area (Å²) in [6.07, 6.45) is 0. The Morgan fingerprint density at radius 1 is 1.53 bits per heavy atom. The molecule has 2 N–H and O–H groups in total. The molecule has 19 heavy (non-hydrogen) atoms. The van der Waals surface area contributed by atoms with Crippen LogP contribution in [-0.2, 0) is 4.74 Å². The molecule has 0 atom stereocenters. The molecule has 0 aliphatic carbocycles. The molecule has 5 heteroatoms. The molecule has 1 amide bonds. The number of hydrogen-bond donors (Lipinski definition) is 1. The van der Waals surface area contributed by atoms with Crippen LogP contribution in [0.5, 0.6) is 0 Å². The molecule has 0 fully saturated rings. The van der Waals surface area contributed by atoms with Gasteiger partial charge in [0, 0.05) is 25.1 Å². The van der Waals surface area contributed by atoms with E-state index in [0.29, 0.717) is 38.4 Å². The molecule has 0 unspecified atom stereocenters. The molecule has 0 aromatic carbocycles. The Morgan fingerprint density at radius 2 is 2.32 bits per heavy atom. The Balaban J connectivity index is 2.66. The first kappa shape index (κ1) is 15.7. The summed E-state index contributed by atoms with van der Waals surface area (Å²) in [5, 5.41) is 1.84. The average Bonchev–Trinajstić information content (AvgIpc) is 2.89. The number of carbonyl (C=O) groups is 1. The van der Waals surface area contributed by atoms with Gasteiger partial charge in [-0.25, -0.2) is 0 Å². The molecule has 104 valence electrons. The Morgan fingerprint density at radius 3 is 2.95 bits per heavy atom. The van der Waals surface area contributed by atoms with Crippen LogP contribution in [0, 0.1) is 11.8 Å². The number of hydrogen-bond acceptors (Lipinski definition) is 4. The summed E-state index contributed by atoms with van der Waals surface area (Å²) in [7, 11) is 0. The summed E-state index contributed by atoms with van der Waals surface area (Å²) in [4.78, 5) is 14.9. The molecule has 1 aromatic heterocycles. The van der Waals surface area contributed by atoms with E-state index in [0.717, 1.165) is 4.88 Å². The van der Waals surface area contributed by atoms with E-state index in [9.17, 15) is 4.79 Å². The van der Waals surface area contributed by atoms with Crippen LogP contribution in [0.1, 0.15) is 29.1 Å². The second kappa shape index (κ2) is 8.70. The largest absolute Gasteiger partial charge is 0.380 e. The number of nitrogens with two attached hydrogens (primary N) is 1. The van der Waals surface area contributed by atoms with Gasteiger partial charge in [-0.05, 0) is 19.9 Å². The predicted molar refractivity (Wildman–Crippen MR) is 78.3 cm³/mol. The fourth-order valence-corrected chi connectivity index (χ4v) is 2.31. The monoisotopic (exact) mass is 280 g/mol. The van der Waals surface area contributed by atoms with Crippen molar-refractivity contribution >= 4 is 17.2 Å². The summed E-state index contributed by atoms with van der Waals surface area (Å²) < 4.78 is 5.28. The van der Waals surface area contributed by atoms with Gasteiger partial charge in [0.05, 0.1) is 23.6 Å². The number of amides is 1. The lowest BCUT2D eigenvalue weighted by Gasteiger charge is -2.19. The maximum Gasteiger partial charge on any atom is 0.254 e. The fraction of sp³-hybridized carbons (Fsp3) is 0.500. The van der Waals surface area contributed by atoms with Crippen LogP contribution in [0.3, 0.4) is 0 Å². The van der Waals surface area contributed by atoms with Crippen LogP contribution in [-0.4, -0.2) is 43.7 Å². The summed E-state index contributed by atoms with van der Waals surface area (Å²) in [6, 6.07) is 1.82. The molecule has 1 rings (SSSR count). The Bertz CT molecular complexity index is 460. The van der Waals surface area contributed by atoms with Crippen molar-refractivity contribution in [1.82, 2.24) is 4.90 Å². The zero-order valence-electron chi connectivity index (χ0n) is 11.4. The molecule has 1 aromatic rings. The van der Waals surface area contributed by atoms with Crippen LogP contribution in [0.25, 0.3) is 0 Å². The van der Waals surface area contributed by atoms with Gasteiger partial charge in [0.25, 0.3) is 5.91 Å². The summed E-state index contributed by atoms with van der Waals surface area (Å²) in [6.45, 7) is 6.76. The second-order valence-electron chi connectivity index (χ2n) is 3.79. The molecule has 0 bridgehead atoms. The first-order valence-corrected chi connectivity index (χ1v) is 7.25. The normalized spacial score (nSPS) is 9.84. The Kier molecular flexibility index (Phi) is 7.19. The third-order valence-electron chi connectivity index (χ3n) is 2.54. The molecule has 4 nitrogen and oxygen atoms in total. The number of carbonyl (C=O) groups excluding carboxylic acids is 1. The number of ether oxygens (including phenoxy) is 1. The fourth-order valence-electron chi connectivity index (χ4n) is 1.56. The zero-order chi connectivity index (χ0) is 14.1. The topological polar surface area (TPSA) is 55.6 Å². The summed E-state index contributed by atoms with van der Waals surface area (Å²) in [5.41, 5.74) is 6.01. The highest BCUT2D eigenvalue weighted by atomic mass is 32.1. The van der Waals surface area contributed by atoms with Gasteiger partial charge in [-0.3, -0.25) is 4.79 Å². The van der Waals surface area contributed by atoms with Crippen molar-refractivity contribution in [2.45, 2.75) is 13.8 Å². The van der Waals surface area contributed by atoms with Crippen molar-refractivity contribution in [3.8, 4) is 11.8 Å². The number of rotatable bonds is 6. The van der Waals surface area contributed by atoms with Crippen molar-refractivity contribution in [2.75, 3.05) is 32.8 Å². The average molecular weight is 280 g/mol. The molecule has 0 saturated heterocycles. The maximum absolute atomic E-state index is 12.3. The molecule has 0 spiro atoms. The van der Waals surface area contributed by atoms with E-state index in [-0.39, 0.29) is 5.91 Å². The van der Waals surface area contributed by atoms with Gasteiger partial charge in [0.15, 0.2) is 0 Å². The quantitative estimate of drug-likeness (QED) is 0.635. The van der Waals surface area contributed by atoms with Crippen molar-refractivity contribution in [1.29, 1.82) is 0 Å². The van der Waals surface area contributed by atoms with E-state index in [4.69, 9.17) is 10.5 Å². The van der Waals surface area contributed by atoms with E-state index in [1.807, 2.05) is 25.3 Å². The molecule has 0 aliphatic heterocycles. The van der Waals surface area contributed by atoms with Crippen LogP contribution < -0.4 is 5.73 Å². The maximum atomic E-state index is 12.3. The van der Waals surface area contributed by atoms with Crippen molar-refractivity contribution in [2.24, 2.45) is 5.73 Å².